The minimum absolute atomic E-state index is 0.0388. The lowest BCUT2D eigenvalue weighted by atomic mass is 10.1. The molecule has 0 saturated carbocycles. The number of nitrogens with one attached hydrogen (secondary N) is 2. The summed E-state index contributed by atoms with van der Waals surface area (Å²) in [5, 5.41) is 4.70. The van der Waals surface area contributed by atoms with E-state index in [2.05, 4.69) is 20.1 Å². The molecule has 0 radical (unpaired) electrons. The average Bonchev–Trinajstić information content (AvgIpc) is 3.11. The molecule has 2 fully saturated rings. The Bertz CT molecular complexity index is 776. The SMILES string of the molecule is O=c1cc(CN2CCN([C@@H]3CCNC3)CC2)[nH]c2ccc(Cl)cc12. The van der Waals surface area contributed by atoms with E-state index in [-0.39, 0.29) is 5.43 Å². The summed E-state index contributed by atoms with van der Waals surface area (Å²) in [5.41, 5.74) is 1.88. The van der Waals surface area contributed by atoms with E-state index in [4.69, 9.17) is 11.6 Å². The van der Waals surface area contributed by atoms with Gasteiger partial charge in [-0.25, -0.2) is 0 Å². The number of piperazine rings is 1. The molecule has 128 valence electrons. The highest BCUT2D eigenvalue weighted by molar-refractivity contribution is 6.31. The number of halogens is 1. The van der Waals surface area contributed by atoms with Crippen molar-refractivity contribution in [2.75, 3.05) is 39.3 Å². The van der Waals surface area contributed by atoms with Crippen LogP contribution in [0.2, 0.25) is 5.02 Å². The molecule has 6 heteroatoms. The molecule has 2 saturated heterocycles. The number of hydrogen-bond acceptors (Lipinski definition) is 4. The van der Waals surface area contributed by atoms with Gasteiger partial charge in [-0.15, -0.1) is 0 Å². The summed E-state index contributed by atoms with van der Waals surface area (Å²) < 4.78 is 0. The molecule has 2 N–H and O–H groups in total. The maximum absolute atomic E-state index is 12.3. The molecule has 0 aliphatic carbocycles. The monoisotopic (exact) mass is 346 g/mol. The summed E-state index contributed by atoms with van der Waals surface area (Å²) in [4.78, 5) is 20.7. The van der Waals surface area contributed by atoms with Crippen molar-refractivity contribution >= 4 is 22.5 Å². The fraction of sp³-hybridized carbons (Fsp3) is 0.500. The van der Waals surface area contributed by atoms with E-state index in [0.29, 0.717) is 16.5 Å². The van der Waals surface area contributed by atoms with Crippen LogP contribution in [0.1, 0.15) is 12.1 Å². The van der Waals surface area contributed by atoms with Crippen molar-refractivity contribution in [1.29, 1.82) is 0 Å². The molecular weight excluding hydrogens is 324 g/mol. The summed E-state index contributed by atoms with van der Waals surface area (Å²) in [6.07, 6.45) is 1.26. The molecule has 24 heavy (non-hydrogen) atoms. The van der Waals surface area contributed by atoms with Gasteiger partial charge in [0, 0.05) is 73.0 Å². The molecular formula is C18H23ClN4O. The van der Waals surface area contributed by atoms with Gasteiger partial charge in [0.05, 0.1) is 0 Å². The number of rotatable bonds is 3. The molecule has 0 amide bonds. The molecule has 2 aliphatic rings. The van der Waals surface area contributed by atoms with Crippen LogP contribution in [0.25, 0.3) is 10.9 Å². The average molecular weight is 347 g/mol. The Morgan fingerprint density at radius 1 is 1.17 bits per heavy atom. The minimum atomic E-state index is 0.0388. The van der Waals surface area contributed by atoms with Crippen molar-refractivity contribution in [3.63, 3.8) is 0 Å². The molecule has 2 aliphatic heterocycles. The predicted molar refractivity (Wildman–Crippen MR) is 97.7 cm³/mol. The van der Waals surface area contributed by atoms with Crippen molar-refractivity contribution in [1.82, 2.24) is 20.1 Å². The maximum atomic E-state index is 12.3. The van der Waals surface area contributed by atoms with Crippen LogP contribution in [0.5, 0.6) is 0 Å². The first kappa shape index (κ1) is 16.1. The first-order chi connectivity index (χ1) is 11.7. The number of fused-ring (bicyclic) bond motifs is 1. The van der Waals surface area contributed by atoms with Crippen LogP contribution in [0, 0.1) is 0 Å². The van der Waals surface area contributed by atoms with Crippen molar-refractivity contribution < 1.29 is 0 Å². The van der Waals surface area contributed by atoms with Gasteiger partial charge in [0.25, 0.3) is 0 Å². The third-order valence-corrected chi connectivity index (χ3v) is 5.43. The summed E-state index contributed by atoms with van der Waals surface area (Å²) in [5.74, 6) is 0. The first-order valence-corrected chi connectivity index (χ1v) is 9.05. The van der Waals surface area contributed by atoms with Crippen molar-refractivity contribution in [3.05, 3.63) is 45.2 Å². The standard InChI is InChI=1S/C18H23ClN4O/c19-13-1-2-17-16(9-13)18(24)10-14(21-17)12-22-5-7-23(8-6-22)15-3-4-20-11-15/h1-2,9-10,15,20H,3-8,11-12H2,(H,21,24)/t15-/m1/s1. The van der Waals surface area contributed by atoms with Crippen molar-refractivity contribution in [2.45, 2.75) is 19.0 Å². The molecule has 0 spiro atoms. The largest absolute Gasteiger partial charge is 0.357 e. The highest BCUT2D eigenvalue weighted by Gasteiger charge is 2.26. The van der Waals surface area contributed by atoms with E-state index in [9.17, 15) is 4.79 Å². The van der Waals surface area contributed by atoms with Crippen LogP contribution in [-0.2, 0) is 6.54 Å². The molecule has 3 heterocycles. The van der Waals surface area contributed by atoms with E-state index >= 15 is 0 Å². The van der Waals surface area contributed by atoms with Crippen LogP contribution < -0.4 is 10.7 Å². The number of aromatic amines is 1. The van der Waals surface area contributed by atoms with E-state index in [1.807, 2.05) is 12.1 Å². The van der Waals surface area contributed by atoms with Gasteiger partial charge in [-0.2, -0.15) is 0 Å². The van der Waals surface area contributed by atoms with E-state index < -0.39 is 0 Å². The zero-order chi connectivity index (χ0) is 16.5. The second kappa shape index (κ2) is 6.84. The molecule has 1 aromatic heterocycles. The Labute approximate surface area is 146 Å². The number of hydrogen-bond donors (Lipinski definition) is 2. The van der Waals surface area contributed by atoms with Gasteiger partial charge in [-0.05, 0) is 31.2 Å². The lowest BCUT2D eigenvalue weighted by molar-refractivity contribution is 0.0974. The van der Waals surface area contributed by atoms with E-state index in [0.717, 1.165) is 57.0 Å². The molecule has 0 unspecified atom stereocenters. The maximum Gasteiger partial charge on any atom is 0.189 e. The predicted octanol–water partition coefficient (Wildman–Crippen LogP) is 1.66. The molecule has 0 bridgehead atoms. The smallest absolute Gasteiger partial charge is 0.189 e. The Balaban J connectivity index is 1.43. The Morgan fingerprint density at radius 3 is 2.75 bits per heavy atom. The van der Waals surface area contributed by atoms with E-state index in [1.165, 1.54) is 6.42 Å². The van der Waals surface area contributed by atoms with Gasteiger partial charge >= 0.3 is 0 Å². The topological polar surface area (TPSA) is 51.4 Å². The van der Waals surface area contributed by atoms with Crippen LogP contribution in [0.3, 0.4) is 0 Å². The van der Waals surface area contributed by atoms with Crippen molar-refractivity contribution in [3.8, 4) is 0 Å². The lowest BCUT2D eigenvalue weighted by Gasteiger charge is -2.37. The summed E-state index contributed by atoms with van der Waals surface area (Å²) in [6.45, 7) is 7.40. The summed E-state index contributed by atoms with van der Waals surface area (Å²) in [6, 6.07) is 7.85. The quantitative estimate of drug-likeness (QED) is 0.887. The Hall–Kier alpha value is -1.40. The number of H-pyrrole nitrogens is 1. The van der Waals surface area contributed by atoms with Gasteiger partial charge in [-0.1, -0.05) is 11.6 Å². The normalized spacial score (nSPS) is 23.1. The van der Waals surface area contributed by atoms with Crippen LogP contribution in [-0.4, -0.2) is 60.1 Å². The highest BCUT2D eigenvalue weighted by atomic mass is 35.5. The van der Waals surface area contributed by atoms with Crippen LogP contribution >= 0.6 is 11.6 Å². The third-order valence-electron chi connectivity index (χ3n) is 5.20. The number of benzene rings is 1. The molecule has 1 aromatic carbocycles. The number of pyridine rings is 1. The third kappa shape index (κ3) is 3.35. The fourth-order valence-corrected chi connectivity index (χ4v) is 4.01. The molecule has 1 atom stereocenters. The van der Waals surface area contributed by atoms with Crippen LogP contribution in [0.15, 0.2) is 29.1 Å². The van der Waals surface area contributed by atoms with Gasteiger partial charge in [-0.3, -0.25) is 14.6 Å². The van der Waals surface area contributed by atoms with Gasteiger partial charge in [0.1, 0.15) is 0 Å². The highest BCUT2D eigenvalue weighted by Crippen LogP contribution is 2.17. The zero-order valence-corrected chi connectivity index (χ0v) is 14.5. The van der Waals surface area contributed by atoms with Gasteiger partial charge < -0.3 is 10.3 Å². The molecule has 2 aromatic rings. The first-order valence-electron chi connectivity index (χ1n) is 8.67. The number of nitrogens with zero attached hydrogens (tertiary/aromatic N) is 2. The van der Waals surface area contributed by atoms with Crippen molar-refractivity contribution in [2.24, 2.45) is 0 Å². The number of aromatic nitrogens is 1. The van der Waals surface area contributed by atoms with Crippen LogP contribution in [0.4, 0.5) is 0 Å². The Morgan fingerprint density at radius 2 is 2.00 bits per heavy atom. The Kier molecular flexibility index (Phi) is 4.59. The molecule has 4 rings (SSSR count). The van der Waals surface area contributed by atoms with Gasteiger partial charge in [0.2, 0.25) is 0 Å². The zero-order valence-electron chi connectivity index (χ0n) is 13.7. The van der Waals surface area contributed by atoms with E-state index in [1.54, 1.807) is 12.1 Å². The second-order valence-electron chi connectivity index (χ2n) is 6.81. The summed E-state index contributed by atoms with van der Waals surface area (Å²) in [7, 11) is 0. The fourth-order valence-electron chi connectivity index (χ4n) is 3.84. The summed E-state index contributed by atoms with van der Waals surface area (Å²) >= 11 is 5.98. The minimum Gasteiger partial charge on any atom is -0.357 e. The van der Waals surface area contributed by atoms with Gasteiger partial charge in [0.15, 0.2) is 5.43 Å². The lowest BCUT2D eigenvalue weighted by Crippen LogP contribution is -2.50. The molecule has 5 nitrogen and oxygen atoms in total. The second-order valence-corrected chi connectivity index (χ2v) is 7.24.